The quantitative estimate of drug-likeness (QED) is 0.725. The summed E-state index contributed by atoms with van der Waals surface area (Å²) in [6, 6.07) is 7.21. The molecule has 3 heteroatoms. The maximum absolute atomic E-state index is 11.8. The summed E-state index contributed by atoms with van der Waals surface area (Å²) in [5.74, 6) is 0.629. The number of benzene rings is 1. The fourth-order valence-corrected chi connectivity index (χ4v) is 2.17. The number of carbonyl (C=O) groups is 1. The summed E-state index contributed by atoms with van der Waals surface area (Å²) in [6.45, 7) is 4.25. The maximum Gasteiger partial charge on any atom is 0.174 e. The standard InChI is InChI=1S/C12H15ClOS/c1-3-9(2)15-8-12(14)10-6-4-5-7-11(10)13/h4-7,9H,3,8H2,1-2H3. The average molecular weight is 243 g/mol. The molecule has 15 heavy (non-hydrogen) atoms. The molecule has 0 heterocycles. The lowest BCUT2D eigenvalue weighted by atomic mass is 10.1. The SMILES string of the molecule is CCC(C)SCC(=O)c1ccccc1Cl. The molecule has 0 aliphatic carbocycles. The molecule has 0 aromatic heterocycles. The Hall–Kier alpha value is -0.470. The van der Waals surface area contributed by atoms with Gasteiger partial charge in [-0.1, -0.05) is 37.6 Å². The van der Waals surface area contributed by atoms with Gasteiger partial charge in [-0.15, -0.1) is 0 Å². The van der Waals surface area contributed by atoms with E-state index < -0.39 is 0 Å². The number of hydrogen-bond donors (Lipinski definition) is 0. The number of halogens is 1. The molecular formula is C12H15ClOS. The number of hydrogen-bond acceptors (Lipinski definition) is 2. The van der Waals surface area contributed by atoms with Crippen molar-refractivity contribution in [3.8, 4) is 0 Å². The minimum Gasteiger partial charge on any atom is -0.293 e. The Morgan fingerprint density at radius 3 is 2.73 bits per heavy atom. The lowest BCUT2D eigenvalue weighted by Crippen LogP contribution is -2.06. The molecule has 0 aliphatic rings. The van der Waals surface area contributed by atoms with E-state index in [1.54, 1.807) is 23.9 Å². The van der Waals surface area contributed by atoms with E-state index in [9.17, 15) is 4.79 Å². The van der Waals surface area contributed by atoms with Gasteiger partial charge in [0.2, 0.25) is 0 Å². The van der Waals surface area contributed by atoms with Crippen LogP contribution < -0.4 is 0 Å². The normalized spacial score (nSPS) is 12.5. The van der Waals surface area contributed by atoms with Crippen molar-refractivity contribution in [1.29, 1.82) is 0 Å². The minimum absolute atomic E-state index is 0.117. The van der Waals surface area contributed by atoms with E-state index in [1.807, 2.05) is 12.1 Å². The first-order chi connectivity index (χ1) is 7.15. The third kappa shape index (κ3) is 3.88. The van der Waals surface area contributed by atoms with Crippen LogP contribution >= 0.6 is 23.4 Å². The van der Waals surface area contributed by atoms with Gasteiger partial charge in [0.15, 0.2) is 5.78 Å². The van der Waals surface area contributed by atoms with Crippen molar-refractivity contribution in [2.24, 2.45) is 0 Å². The molecule has 0 radical (unpaired) electrons. The van der Waals surface area contributed by atoms with Crippen LogP contribution in [0.3, 0.4) is 0 Å². The fraction of sp³-hybridized carbons (Fsp3) is 0.417. The zero-order valence-corrected chi connectivity index (χ0v) is 10.6. The lowest BCUT2D eigenvalue weighted by Gasteiger charge is -2.07. The van der Waals surface area contributed by atoms with E-state index >= 15 is 0 Å². The topological polar surface area (TPSA) is 17.1 Å². The van der Waals surface area contributed by atoms with E-state index in [-0.39, 0.29) is 5.78 Å². The van der Waals surface area contributed by atoms with Gasteiger partial charge in [-0.2, -0.15) is 11.8 Å². The number of ketones is 1. The highest BCUT2D eigenvalue weighted by Gasteiger charge is 2.10. The van der Waals surface area contributed by atoms with Crippen molar-refractivity contribution >= 4 is 29.1 Å². The largest absolute Gasteiger partial charge is 0.293 e. The van der Waals surface area contributed by atoms with Gasteiger partial charge in [0, 0.05) is 10.8 Å². The summed E-state index contributed by atoms with van der Waals surface area (Å²) in [7, 11) is 0. The van der Waals surface area contributed by atoms with Crippen molar-refractivity contribution in [1.82, 2.24) is 0 Å². The predicted molar refractivity (Wildman–Crippen MR) is 68.0 cm³/mol. The first-order valence-electron chi connectivity index (χ1n) is 5.04. The maximum atomic E-state index is 11.8. The summed E-state index contributed by atoms with van der Waals surface area (Å²) < 4.78 is 0. The molecule has 1 nitrogen and oxygen atoms in total. The molecule has 82 valence electrons. The molecule has 1 rings (SSSR count). The summed E-state index contributed by atoms with van der Waals surface area (Å²) in [5.41, 5.74) is 0.634. The highest BCUT2D eigenvalue weighted by atomic mass is 35.5. The first kappa shape index (κ1) is 12.6. The highest BCUT2D eigenvalue weighted by Crippen LogP contribution is 2.20. The van der Waals surface area contributed by atoms with Crippen LogP contribution in [-0.2, 0) is 0 Å². The fourth-order valence-electron chi connectivity index (χ4n) is 1.10. The summed E-state index contributed by atoms with van der Waals surface area (Å²) in [4.78, 5) is 11.8. The third-order valence-corrected chi connectivity index (χ3v) is 3.91. The Bertz CT molecular complexity index is 338. The molecule has 0 aliphatic heterocycles. The van der Waals surface area contributed by atoms with E-state index in [4.69, 9.17) is 11.6 Å². The van der Waals surface area contributed by atoms with Gasteiger partial charge in [0.1, 0.15) is 0 Å². The monoisotopic (exact) mass is 242 g/mol. The van der Waals surface area contributed by atoms with Crippen molar-refractivity contribution < 1.29 is 4.79 Å². The van der Waals surface area contributed by atoms with Crippen LogP contribution in [0.25, 0.3) is 0 Å². The molecule has 0 bridgehead atoms. The van der Waals surface area contributed by atoms with Gasteiger partial charge < -0.3 is 0 Å². The Labute approximate surface area is 100 Å². The van der Waals surface area contributed by atoms with Gasteiger partial charge >= 0.3 is 0 Å². The second kappa shape index (κ2) is 6.19. The van der Waals surface area contributed by atoms with Gasteiger partial charge in [-0.25, -0.2) is 0 Å². The van der Waals surface area contributed by atoms with Crippen LogP contribution in [0.5, 0.6) is 0 Å². The van der Waals surface area contributed by atoms with Crippen LogP contribution in [0.2, 0.25) is 5.02 Å². The molecule has 1 unspecified atom stereocenters. The first-order valence-corrected chi connectivity index (χ1v) is 6.47. The summed E-state index contributed by atoms with van der Waals surface area (Å²) in [5, 5.41) is 1.07. The second-order valence-electron chi connectivity index (χ2n) is 3.43. The molecule has 0 spiro atoms. The molecule has 0 N–H and O–H groups in total. The van der Waals surface area contributed by atoms with Crippen molar-refractivity contribution in [2.75, 3.05) is 5.75 Å². The van der Waals surface area contributed by atoms with E-state index in [0.717, 1.165) is 6.42 Å². The number of carbonyl (C=O) groups excluding carboxylic acids is 1. The van der Waals surface area contributed by atoms with E-state index in [2.05, 4.69) is 13.8 Å². The van der Waals surface area contributed by atoms with Gasteiger partial charge in [0.25, 0.3) is 0 Å². The third-order valence-electron chi connectivity index (χ3n) is 2.25. The zero-order chi connectivity index (χ0) is 11.3. The number of rotatable bonds is 5. The molecular weight excluding hydrogens is 228 g/mol. The van der Waals surface area contributed by atoms with Gasteiger partial charge in [-0.3, -0.25) is 4.79 Å². The zero-order valence-electron chi connectivity index (χ0n) is 9.00. The minimum atomic E-state index is 0.117. The molecule has 1 atom stereocenters. The molecule has 1 aromatic carbocycles. The number of Topliss-reactive ketones (excluding diaryl/α,β-unsaturated/α-hetero) is 1. The van der Waals surface area contributed by atoms with Crippen LogP contribution in [0.1, 0.15) is 30.6 Å². The van der Waals surface area contributed by atoms with Crippen molar-refractivity contribution in [3.05, 3.63) is 34.9 Å². The van der Waals surface area contributed by atoms with Crippen LogP contribution in [0.15, 0.2) is 24.3 Å². The van der Waals surface area contributed by atoms with Crippen LogP contribution in [-0.4, -0.2) is 16.8 Å². The molecule has 0 fully saturated rings. The van der Waals surface area contributed by atoms with Crippen LogP contribution in [0.4, 0.5) is 0 Å². The smallest absolute Gasteiger partial charge is 0.174 e. The Morgan fingerprint density at radius 2 is 2.13 bits per heavy atom. The average Bonchev–Trinajstić information content (AvgIpc) is 2.26. The van der Waals surface area contributed by atoms with E-state index in [1.165, 1.54) is 0 Å². The summed E-state index contributed by atoms with van der Waals surface area (Å²) >= 11 is 7.62. The lowest BCUT2D eigenvalue weighted by molar-refractivity contribution is 0.102. The summed E-state index contributed by atoms with van der Waals surface area (Å²) in [6.07, 6.45) is 1.08. The Balaban J connectivity index is 2.58. The highest BCUT2D eigenvalue weighted by molar-refractivity contribution is 8.00. The predicted octanol–water partition coefficient (Wildman–Crippen LogP) is 4.05. The van der Waals surface area contributed by atoms with Crippen molar-refractivity contribution in [3.63, 3.8) is 0 Å². The van der Waals surface area contributed by atoms with Crippen LogP contribution in [0, 0.1) is 0 Å². The van der Waals surface area contributed by atoms with Gasteiger partial charge in [-0.05, 0) is 18.6 Å². The molecule has 0 saturated carbocycles. The Morgan fingerprint density at radius 1 is 1.47 bits per heavy atom. The van der Waals surface area contributed by atoms with Crippen molar-refractivity contribution in [2.45, 2.75) is 25.5 Å². The Kier molecular flexibility index (Phi) is 5.20. The van der Waals surface area contributed by atoms with E-state index in [0.29, 0.717) is 21.6 Å². The molecule has 1 aromatic rings. The second-order valence-corrected chi connectivity index (χ2v) is 5.27. The molecule has 0 amide bonds. The van der Waals surface area contributed by atoms with Gasteiger partial charge in [0.05, 0.1) is 10.8 Å². The number of thioether (sulfide) groups is 1. The molecule has 0 saturated heterocycles.